The molecular formula is C11H14ClN3O2. The molecule has 92 valence electrons. The van der Waals surface area contributed by atoms with Crippen molar-refractivity contribution < 1.29 is 9.53 Å². The van der Waals surface area contributed by atoms with E-state index < -0.39 is 0 Å². The number of anilines is 2. The first-order valence-corrected chi connectivity index (χ1v) is 5.70. The Bertz CT molecular complexity index is 451. The van der Waals surface area contributed by atoms with Crippen LogP contribution < -0.4 is 21.1 Å². The SMILES string of the molecule is CC(CN)Nc1cc2c(cc1Cl)NC(=O)CO2. The molecule has 0 aliphatic carbocycles. The maximum atomic E-state index is 11.1. The van der Waals surface area contributed by atoms with Crippen molar-refractivity contribution in [2.24, 2.45) is 5.73 Å². The van der Waals surface area contributed by atoms with Crippen molar-refractivity contribution >= 4 is 28.9 Å². The monoisotopic (exact) mass is 255 g/mol. The van der Waals surface area contributed by atoms with Crippen LogP contribution >= 0.6 is 11.6 Å². The van der Waals surface area contributed by atoms with E-state index in [0.29, 0.717) is 23.0 Å². The smallest absolute Gasteiger partial charge is 0.262 e. The van der Waals surface area contributed by atoms with Gasteiger partial charge >= 0.3 is 0 Å². The molecule has 1 aliphatic rings. The topological polar surface area (TPSA) is 76.4 Å². The van der Waals surface area contributed by atoms with E-state index in [9.17, 15) is 4.79 Å². The van der Waals surface area contributed by atoms with E-state index >= 15 is 0 Å². The van der Waals surface area contributed by atoms with Crippen molar-refractivity contribution in [1.29, 1.82) is 0 Å². The molecule has 0 fully saturated rings. The molecule has 0 bridgehead atoms. The molecule has 1 heterocycles. The lowest BCUT2D eigenvalue weighted by atomic mass is 10.2. The van der Waals surface area contributed by atoms with Crippen LogP contribution in [0.4, 0.5) is 11.4 Å². The van der Waals surface area contributed by atoms with Crippen LogP contribution in [0.3, 0.4) is 0 Å². The number of halogens is 1. The number of fused-ring (bicyclic) bond motifs is 1. The number of amides is 1. The average molecular weight is 256 g/mol. The van der Waals surface area contributed by atoms with Gasteiger partial charge in [-0.15, -0.1) is 0 Å². The molecule has 6 heteroatoms. The van der Waals surface area contributed by atoms with E-state index in [1.807, 2.05) is 6.92 Å². The molecule has 0 aromatic heterocycles. The molecule has 1 aromatic rings. The number of nitrogens with one attached hydrogen (secondary N) is 2. The minimum atomic E-state index is -0.176. The number of benzene rings is 1. The minimum Gasteiger partial charge on any atom is -0.482 e. The predicted octanol–water partition coefficient (Wildman–Crippen LogP) is 1.43. The molecule has 1 aromatic carbocycles. The fourth-order valence-electron chi connectivity index (χ4n) is 1.54. The largest absolute Gasteiger partial charge is 0.482 e. The number of hydrogen-bond acceptors (Lipinski definition) is 4. The van der Waals surface area contributed by atoms with Gasteiger partial charge < -0.3 is 21.1 Å². The Morgan fingerprint density at radius 1 is 1.65 bits per heavy atom. The zero-order chi connectivity index (χ0) is 12.4. The van der Waals surface area contributed by atoms with Crippen LogP contribution in [0.25, 0.3) is 0 Å². The maximum absolute atomic E-state index is 11.1. The third-order valence-corrected chi connectivity index (χ3v) is 2.77. The van der Waals surface area contributed by atoms with Crippen LogP contribution in [0.1, 0.15) is 6.92 Å². The normalized spacial score (nSPS) is 15.6. The Labute approximate surface area is 104 Å². The second-order valence-electron chi connectivity index (χ2n) is 3.95. The Hall–Kier alpha value is -1.46. The summed E-state index contributed by atoms with van der Waals surface area (Å²) in [4.78, 5) is 11.1. The molecule has 1 atom stereocenters. The van der Waals surface area contributed by atoms with Gasteiger partial charge in [0.05, 0.1) is 16.4 Å². The van der Waals surface area contributed by atoms with Gasteiger partial charge in [-0.1, -0.05) is 11.6 Å². The molecule has 2 rings (SSSR count). The van der Waals surface area contributed by atoms with Crippen LogP contribution in [0, 0.1) is 0 Å². The predicted molar refractivity (Wildman–Crippen MR) is 67.7 cm³/mol. The van der Waals surface area contributed by atoms with Crippen LogP contribution in [0.15, 0.2) is 12.1 Å². The van der Waals surface area contributed by atoms with E-state index in [2.05, 4.69) is 10.6 Å². The summed E-state index contributed by atoms with van der Waals surface area (Å²) in [5.41, 5.74) is 6.88. The molecular weight excluding hydrogens is 242 g/mol. The zero-order valence-corrected chi connectivity index (χ0v) is 10.2. The number of ether oxygens (including phenoxy) is 1. The van der Waals surface area contributed by atoms with Crippen molar-refractivity contribution in [2.45, 2.75) is 13.0 Å². The Morgan fingerprint density at radius 2 is 2.41 bits per heavy atom. The van der Waals surface area contributed by atoms with Gasteiger partial charge in [0.2, 0.25) is 0 Å². The fraction of sp³-hybridized carbons (Fsp3) is 0.364. The lowest BCUT2D eigenvalue weighted by Gasteiger charge is -2.21. The van der Waals surface area contributed by atoms with Crippen LogP contribution in [0.5, 0.6) is 5.75 Å². The van der Waals surface area contributed by atoms with Gasteiger partial charge in [0.25, 0.3) is 5.91 Å². The Kier molecular flexibility index (Phi) is 3.40. The van der Waals surface area contributed by atoms with Gasteiger partial charge in [0, 0.05) is 18.7 Å². The summed E-state index contributed by atoms with van der Waals surface area (Å²) in [6.07, 6.45) is 0. The number of hydrogen-bond donors (Lipinski definition) is 3. The van der Waals surface area contributed by atoms with Crippen molar-refractivity contribution in [1.82, 2.24) is 0 Å². The van der Waals surface area contributed by atoms with Crippen molar-refractivity contribution in [3.05, 3.63) is 17.2 Å². The third kappa shape index (κ3) is 2.62. The van der Waals surface area contributed by atoms with E-state index in [1.54, 1.807) is 12.1 Å². The van der Waals surface area contributed by atoms with Crippen LogP contribution in [-0.2, 0) is 4.79 Å². The first kappa shape index (κ1) is 12.0. The zero-order valence-electron chi connectivity index (χ0n) is 9.42. The molecule has 5 nitrogen and oxygen atoms in total. The number of carbonyl (C=O) groups excluding carboxylic acids is 1. The summed E-state index contributed by atoms with van der Waals surface area (Å²) in [6.45, 7) is 2.49. The average Bonchev–Trinajstić information content (AvgIpc) is 2.30. The Balaban J connectivity index is 2.27. The molecule has 1 aliphatic heterocycles. The van der Waals surface area contributed by atoms with Crippen LogP contribution in [-0.4, -0.2) is 25.1 Å². The molecule has 0 saturated carbocycles. The molecule has 0 saturated heterocycles. The van der Waals surface area contributed by atoms with E-state index in [4.69, 9.17) is 22.1 Å². The molecule has 1 amide bonds. The van der Waals surface area contributed by atoms with Gasteiger partial charge in [-0.2, -0.15) is 0 Å². The first-order valence-electron chi connectivity index (χ1n) is 5.33. The standard InChI is InChI=1S/C11H14ClN3O2/c1-6(4-13)14-8-3-10-9(2-7(8)12)15-11(16)5-17-10/h2-3,6,14H,4-5,13H2,1H3,(H,15,16). The molecule has 0 radical (unpaired) electrons. The summed E-state index contributed by atoms with van der Waals surface area (Å²) < 4.78 is 5.30. The maximum Gasteiger partial charge on any atom is 0.262 e. The number of rotatable bonds is 3. The minimum absolute atomic E-state index is 0.0283. The quantitative estimate of drug-likeness (QED) is 0.764. The van der Waals surface area contributed by atoms with Gasteiger partial charge in [-0.3, -0.25) is 4.79 Å². The van der Waals surface area contributed by atoms with Crippen molar-refractivity contribution in [2.75, 3.05) is 23.8 Å². The molecule has 0 spiro atoms. The highest BCUT2D eigenvalue weighted by atomic mass is 35.5. The van der Waals surface area contributed by atoms with E-state index in [-0.39, 0.29) is 18.6 Å². The molecule has 17 heavy (non-hydrogen) atoms. The lowest BCUT2D eigenvalue weighted by Crippen LogP contribution is -2.27. The molecule has 4 N–H and O–H groups in total. The van der Waals surface area contributed by atoms with Gasteiger partial charge in [0.1, 0.15) is 5.75 Å². The third-order valence-electron chi connectivity index (χ3n) is 2.46. The number of nitrogens with two attached hydrogens (primary N) is 1. The fourth-order valence-corrected chi connectivity index (χ4v) is 1.75. The van der Waals surface area contributed by atoms with Crippen molar-refractivity contribution in [3.63, 3.8) is 0 Å². The number of carbonyl (C=O) groups is 1. The summed E-state index contributed by atoms with van der Waals surface area (Å²) in [7, 11) is 0. The summed E-state index contributed by atoms with van der Waals surface area (Å²) in [5, 5.41) is 6.39. The van der Waals surface area contributed by atoms with Gasteiger partial charge in [-0.05, 0) is 13.0 Å². The summed E-state index contributed by atoms with van der Waals surface area (Å²) in [6, 6.07) is 3.55. The highest BCUT2D eigenvalue weighted by Crippen LogP contribution is 2.36. The second kappa shape index (κ2) is 4.81. The highest BCUT2D eigenvalue weighted by molar-refractivity contribution is 6.33. The Morgan fingerprint density at radius 3 is 3.12 bits per heavy atom. The van der Waals surface area contributed by atoms with Crippen molar-refractivity contribution in [3.8, 4) is 5.75 Å². The highest BCUT2D eigenvalue weighted by Gasteiger charge is 2.18. The first-order chi connectivity index (χ1) is 8.10. The van der Waals surface area contributed by atoms with Gasteiger partial charge in [-0.25, -0.2) is 0 Å². The molecule has 1 unspecified atom stereocenters. The van der Waals surface area contributed by atoms with E-state index in [0.717, 1.165) is 5.69 Å². The van der Waals surface area contributed by atoms with Crippen LogP contribution in [0.2, 0.25) is 5.02 Å². The summed E-state index contributed by atoms with van der Waals surface area (Å²) >= 11 is 6.10. The second-order valence-corrected chi connectivity index (χ2v) is 4.35. The van der Waals surface area contributed by atoms with Gasteiger partial charge in [0.15, 0.2) is 6.61 Å². The lowest BCUT2D eigenvalue weighted by molar-refractivity contribution is -0.118. The summed E-state index contributed by atoms with van der Waals surface area (Å²) in [5.74, 6) is 0.435. The van der Waals surface area contributed by atoms with E-state index in [1.165, 1.54) is 0 Å².